The van der Waals surface area contributed by atoms with E-state index in [1.807, 2.05) is 0 Å². The number of ether oxygens (including phenoxy) is 1. The average Bonchev–Trinajstić information content (AvgIpc) is 2.24. The van der Waals surface area contributed by atoms with Gasteiger partial charge in [-0.25, -0.2) is 0 Å². The first-order chi connectivity index (χ1) is 7.22. The van der Waals surface area contributed by atoms with Gasteiger partial charge in [-0.3, -0.25) is 4.79 Å². The molecule has 0 amide bonds. The number of nitrogens with one attached hydrogen (secondary N) is 1. The molecule has 88 valence electrons. The molecule has 2 N–H and O–H groups in total. The third-order valence-corrected chi connectivity index (χ3v) is 2.96. The summed E-state index contributed by atoms with van der Waals surface area (Å²) in [4.78, 5) is 10.3. The molecule has 1 aliphatic rings. The number of carbonyl (C=O) groups is 1. The number of hydrogen-bond acceptors (Lipinski definition) is 3. The first-order valence-corrected chi connectivity index (χ1v) is 5.70. The molecule has 4 heteroatoms. The van der Waals surface area contributed by atoms with Gasteiger partial charge in [-0.05, 0) is 38.6 Å². The Morgan fingerprint density at radius 3 is 3.00 bits per heavy atom. The van der Waals surface area contributed by atoms with Crippen LogP contribution in [0.15, 0.2) is 0 Å². The summed E-state index contributed by atoms with van der Waals surface area (Å²) >= 11 is 0. The summed E-state index contributed by atoms with van der Waals surface area (Å²) in [6, 6.07) is 0.512. The number of carboxylic acids is 1. The summed E-state index contributed by atoms with van der Waals surface area (Å²) in [6.07, 6.45) is 5.96. The van der Waals surface area contributed by atoms with Crippen molar-refractivity contribution < 1.29 is 14.6 Å². The van der Waals surface area contributed by atoms with Crippen LogP contribution in [0.25, 0.3) is 0 Å². The van der Waals surface area contributed by atoms with E-state index in [0.717, 1.165) is 19.4 Å². The maximum absolute atomic E-state index is 10.3. The molecule has 1 fully saturated rings. The fourth-order valence-electron chi connectivity index (χ4n) is 2.09. The van der Waals surface area contributed by atoms with E-state index >= 15 is 0 Å². The molecular formula is C11H21NO3. The van der Waals surface area contributed by atoms with Crippen LogP contribution in [0.5, 0.6) is 0 Å². The lowest BCUT2D eigenvalue weighted by Crippen LogP contribution is -2.37. The van der Waals surface area contributed by atoms with E-state index in [4.69, 9.17) is 9.84 Å². The molecule has 1 aliphatic carbocycles. The van der Waals surface area contributed by atoms with Crippen molar-refractivity contribution in [2.45, 2.75) is 50.7 Å². The Labute approximate surface area is 91.0 Å². The zero-order valence-corrected chi connectivity index (χ0v) is 9.37. The van der Waals surface area contributed by atoms with Crippen LogP contribution >= 0.6 is 0 Å². The Morgan fingerprint density at radius 1 is 1.53 bits per heavy atom. The van der Waals surface area contributed by atoms with Crippen LogP contribution in [0.3, 0.4) is 0 Å². The molecule has 0 radical (unpaired) electrons. The van der Waals surface area contributed by atoms with E-state index in [9.17, 15) is 4.79 Å². The van der Waals surface area contributed by atoms with Crippen molar-refractivity contribution in [1.29, 1.82) is 0 Å². The second-order valence-electron chi connectivity index (χ2n) is 4.17. The maximum atomic E-state index is 10.3. The van der Waals surface area contributed by atoms with E-state index in [-0.39, 0.29) is 6.42 Å². The monoisotopic (exact) mass is 215 g/mol. The summed E-state index contributed by atoms with van der Waals surface area (Å²) < 4.78 is 5.33. The van der Waals surface area contributed by atoms with Crippen molar-refractivity contribution in [2.24, 2.45) is 0 Å². The highest BCUT2D eigenvalue weighted by Crippen LogP contribution is 2.20. The predicted molar refractivity (Wildman–Crippen MR) is 57.9 cm³/mol. The van der Waals surface area contributed by atoms with Crippen LogP contribution in [0.4, 0.5) is 0 Å². The van der Waals surface area contributed by atoms with E-state index in [0.29, 0.717) is 18.6 Å². The topological polar surface area (TPSA) is 58.6 Å². The van der Waals surface area contributed by atoms with Gasteiger partial charge in [0.25, 0.3) is 0 Å². The van der Waals surface area contributed by atoms with Crippen LogP contribution in [0.1, 0.15) is 38.5 Å². The Kier molecular flexibility index (Phi) is 5.65. The zero-order chi connectivity index (χ0) is 11.1. The Balaban J connectivity index is 2.07. The van der Waals surface area contributed by atoms with Gasteiger partial charge in [0.2, 0.25) is 0 Å². The normalized spacial score (nSPS) is 26.5. The number of hydrogen-bond donors (Lipinski definition) is 2. The summed E-state index contributed by atoms with van der Waals surface area (Å²) in [7, 11) is 1.76. The number of methoxy groups -OCH3 is 1. The number of rotatable bonds is 6. The van der Waals surface area contributed by atoms with Crippen molar-refractivity contribution in [2.75, 3.05) is 13.7 Å². The van der Waals surface area contributed by atoms with Crippen LogP contribution in [0.2, 0.25) is 0 Å². The molecule has 15 heavy (non-hydrogen) atoms. The summed E-state index contributed by atoms with van der Waals surface area (Å²) in [6.45, 7) is 0.799. The molecule has 1 saturated carbocycles. The lowest BCUT2D eigenvalue weighted by Gasteiger charge is -2.28. The molecule has 2 atom stereocenters. The molecule has 0 aromatic heterocycles. The van der Waals surface area contributed by atoms with Gasteiger partial charge in [0.15, 0.2) is 0 Å². The van der Waals surface area contributed by atoms with Crippen molar-refractivity contribution in [3.8, 4) is 0 Å². The molecule has 1 rings (SSSR count). The van der Waals surface area contributed by atoms with Gasteiger partial charge in [-0.1, -0.05) is 0 Å². The smallest absolute Gasteiger partial charge is 0.303 e. The SMILES string of the molecule is COC1CCCC(NCCCC(=O)O)C1. The van der Waals surface area contributed by atoms with Crippen molar-refractivity contribution >= 4 is 5.97 Å². The molecular weight excluding hydrogens is 194 g/mol. The predicted octanol–water partition coefficient (Wildman–Crippen LogP) is 1.40. The van der Waals surface area contributed by atoms with E-state index < -0.39 is 5.97 Å². The van der Waals surface area contributed by atoms with Crippen LogP contribution in [-0.4, -0.2) is 36.9 Å². The fraction of sp³-hybridized carbons (Fsp3) is 0.909. The summed E-state index contributed by atoms with van der Waals surface area (Å²) in [5.74, 6) is -0.713. The molecule has 2 unspecified atom stereocenters. The Bertz CT molecular complexity index is 196. The highest BCUT2D eigenvalue weighted by Gasteiger charge is 2.20. The molecule has 0 aromatic rings. The molecule has 0 spiro atoms. The first-order valence-electron chi connectivity index (χ1n) is 5.70. The minimum Gasteiger partial charge on any atom is -0.481 e. The lowest BCUT2D eigenvalue weighted by atomic mass is 9.93. The molecule has 0 bridgehead atoms. The highest BCUT2D eigenvalue weighted by molar-refractivity contribution is 5.66. The van der Waals surface area contributed by atoms with Crippen molar-refractivity contribution in [3.63, 3.8) is 0 Å². The molecule has 4 nitrogen and oxygen atoms in total. The summed E-state index contributed by atoms with van der Waals surface area (Å²) in [5, 5.41) is 11.9. The second-order valence-corrected chi connectivity index (χ2v) is 4.17. The lowest BCUT2D eigenvalue weighted by molar-refractivity contribution is -0.137. The molecule has 0 saturated heterocycles. The minimum atomic E-state index is -0.713. The van der Waals surface area contributed by atoms with Gasteiger partial charge < -0.3 is 15.2 Å². The first kappa shape index (κ1) is 12.5. The number of aliphatic carboxylic acids is 1. The third kappa shape index (κ3) is 5.14. The Hall–Kier alpha value is -0.610. The van der Waals surface area contributed by atoms with Crippen LogP contribution in [0, 0.1) is 0 Å². The number of carboxylic acid groups (broad SMARTS) is 1. The van der Waals surface area contributed by atoms with Crippen LogP contribution in [-0.2, 0) is 9.53 Å². The quantitative estimate of drug-likeness (QED) is 0.657. The van der Waals surface area contributed by atoms with E-state index in [1.165, 1.54) is 12.8 Å². The minimum absolute atomic E-state index is 0.257. The average molecular weight is 215 g/mol. The van der Waals surface area contributed by atoms with Crippen molar-refractivity contribution in [3.05, 3.63) is 0 Å². The van der Waals surface area contributed by atoms with Gasteiger partial charge in [0.1, 0.15) is 0 Å². The van der Waals surface area contributed by atoms with Gasteiger partial charge in [-0.15, -0.1) is 0 Å². The molecule has 0 aromatic carbocycles. The van der Waals surface area contributed by atoms with Gasteiger partial charge in [-0.2, -0.15) is 0 Å². The second kappa shape index (κ2) is 6.80. The molecule has 0 aliphatic heterocycles. The van der Waals surface area contributed by atoms with Crippen LogP contribution < -0.4 is 5.32 Å². The van der Waals surface area contributed by atoms with E-state index in [1.54, 1.807) is 7.11 Å². The van der Waals surface area contributed by atoms with Crippen molar-refractivity contribution in [1.82, 2.24) is 5.32 Å². The molecule has 0 heterocycles. The Morgan fingerprint density at radius 2 is 2.33 bits per heavy atom. The largest absolute Gasteiger partial charge is 0.481 e. The van der Waals surface area contributed by atoms with Gasteiger partial charge >= 0.3 is 5.97 Å². The highest BCUT2D eigenvalue weighted by atomic mass is 16.5. The fourth-order valence-corrected chi connectivity index (χ4v) is 2.09. The van der Waals surface area contributed by atoms with Gasteiger partial charge in [0.05, 0.1) is 6.10 Å². The standard InChI is InChI=1S/C11H21NO3/c1-15-10-5-2-4-9(8-10)12-7-3-6-11(13)14/h9-10,12H,2-8H2,1H3,(H,13,14). The maximum Gasteiger partial charge on any atom is 0.303 e. The zero-order valence-electron chi connectivity index (χ0n) is 9.37. The summed E-state index contributed by atoms with van der Waals surface area (Å²) in [5.41, 5.74) is 0. The third-order valence-electron chi connectivity index (χ3n) is 2.96. The van der Waals surface area contributed by atoms with Gasteiger partial charge in [0, 0.05) is 19.6 Å². The van der Waals surface area contributed by atoms with E-state index in [2.05, 4.69) is 5.32 Å².